The summed E-state index contributed by atoms with van der Waals surface area (Å²) < 4.78 is 22.0. The van der Waals surface area contributed by atoms with Crippen LogP contribution in [0.5, 0.6) is 23.0 Å². The highest BCUT2D eigenvalue weighted by Gasteiger charge is 2.46. The summed E-state index contributed by atoms with van der Waals surface area (Å²) in [5.74, 6) is -0.648. The monoisotopic (exact) mass is 820 g/mol. The molecule has 62 heavy (non-hydrogen) atoms. The van der Waals surface area contributed by atoms with Gasteiger partial charge in [-0.25, -0.2) is 19.2 Å². The van der Waals surface area contributed by atoms with Crippen LogP contribution in [0, 0.1) is 0 Å². The lowest BCUT2D eigenvalue weighted by atomic mass is 9.68. The van der Waals surface area contributed by atoms with Crippen molar-refractivity contribution in [1.29, 1.82) is 0 Å². The van der Waals surface area contributed by atoms with E-state index >= 15 is 0 Å². The third-order valence-electron chi connectivity index (χ3n) is 11.0. The fourth-order valence-electron chi connectivity index (χ4n) is 7.64. The summed E-state index contributed by atoms with van der Waals surface area (Å²) >= 11 is 0. The van der Waals surface area contributed by atoms with Crippen LogP contribution in [0.2, 0.25) is 0 Å². The lowest BCUT2D eigenvalue weighted by Gasteiger charge is -2.34. The smallest absolute Gasteiger partial charge is 0.339 e. The molecule has 0 N–H and O–H groups in total. The second-order valence-electron chi connectivity index (χ2n) is 15.4. The van der Waals surface area contributed by atoms with Gasteiger partial charge in [-0.05, 0) is 107 Å². The lowest BCUT2D eigenvalue weighted by molar-refractivity contribution is -0.131. The van der Waals surface area contributed by atoms with Crippen molar-refractivity contribution >= 4 is 23.9 Å². The van der Waals surface area contributed by atoms with Gasteiger partial charge in [-0.1, -0.05) is 136 Å². The van der Waals surface area contributed by atoms with E-state index in [0.29, 0.717) is 28.6 Å². The normalized spacial score (nSPS) is 12.7. The molecule has 0 amide bonds. The van der Waals surface area contributed by atoms with Crippen molar-refractivity contribution in [2.45, 2.75) is 38.5 Å². The molecule has 0 aromatic heterocycles. The van der Waals surface area contributed by atoms with Gasteiger partial charge >= 0.3 is 23.9 Å². The summed E-state index contributed by atoms with van der Waals surface area (Å²) in [5.41, 5.74) is 7.80. The van der Waals surface area contributed by atoms with E-state index < -0.39 is 34.7 Å². The van der Waals surface area contributed by atoms with E-state index in [1.807, 2.05) is 72.8 Å². The highest BCUT2D eigenvalue weighted by atomic mass is 16.5. The number of carbonyl (C=O) groups excluding carboxylic acids is 4. The van der Waals surface area contributed by atoms with Gasteiger partial charge in [0.25, 0.3) is 0 Å². The van der Waals surface area contributed by atoms with Gasteiger partial charge in [0.1, 0.15) is 23.0 Å². The first kappa shape index (κ1) is 42.3. The Kier molecular flexibility index (Phi) is 12.1. The molecule has 7 rings (SSSR count). The summed E-state index contributed by atoms with van der Waals surface area (Å²) in [6.45, 7) is 14.4. The Labute approximate surface area is 361 Å². The van der Waals surface area contributed by atoms with E-state index in [2.05, 4.69) is 51.3 Å². The van der Waals surface area contributed by atoms with Crippen molar-refractivity contribution in [2.24, 2.45) is 0 Å². The summed E-state index contributed by atoms with van der Waals surface area (Å²) in [6.07, 6.45) is 5.30. The number of hydrogen-bond donors (Lipinski definition) is 0. The Morgan fingerprint density at radius 1 is 0.532 bits per heavy atom. The summed E-state index contributed by atoms with van der Waals surface area (Å²) in [5, 5.41) is 0. The van der Waals surface area contributed by atoms with Gasteiger partial charge in [0.15, 0.2) is 0 Å². The molecule has 6 aromatic rings. The molecular formula is C54H44O8. The number of benzene rings is 6. The Bertz CT molecular complexity index is 2710. The predicted molar refractivity (Wildman–Crippen MR) is 239 cm³/mol. The minimum absolute atomic E-state index is 0.282. The van der Waals surface area contributed by atoms with Crippen LogP contribution in [0.1, 0.15) is 61.1 Å². The maximum atomic E-state index is 12.9. The number of hydrogen-bond acceptors (Lipinski definition) is 8. The Morgan fingerprint density at radius 2 is 0.935 bits per heavy atom. The molecule has 0 atom stereocenters. The maximum Gasteiger partial charge on any atom is 0.339 e. The number of carbonyl (C=O) groups is 4. The lowest BCUT2D eigenvalue weighted by Crippen LogP contribution is -2.28. The largest absolute Gasteiger partial charge is 0.423 e. The molecule has 0 fully saturated rings. The van der Waals surface area contributed by atoms with E-state index in [4.69, 9.17) is 18.9 Å². The van der Waals surface area contributed by atoms with E-state index in [1.165, 1.54) is 18.2 Å². The van der Waals surface area contributed by atoms with Crippen molar-refractivity contribution < 1.29 is 38.1 Å². The molecule has 0 bridgehead atoms. The van der Waals surface area contributed by atoms with Crippen molar-refractivity contribution in [3.8, 4) is 34.1 Å². The molecule has 0 spiro atoms. The first-order chi connectivity index (χ1) is 29.8. The second kappa shape index (κ2) is 17.8. The van der Waals surface area contributed by atoms with Crippen LogP contribution in [0.4, 0.5) is 0 Å². The van der Waals surface area contributed by atoms with Crippen LogP contribution >= 0.6 is 0 Å². The Balaban J connectivity index is 1.01. The van der Waals surface area contributed by atoms with Crippen LogP contribution in [0.25, 0.3) is 11.1 Å². The minimum atomic E-state index is -0.718. The van der Waals surface area contributed by atoms with Gasteiger partial charge in [-0.15, -0.1) is 0 Å². The topological polar surface area (TPSA) is 105 Å². The SMILES string of the molecule is C=CC(=O)Oc1ccc(C2(c3ccc(OC(=O)/C=C/C=C(/C)C(=O)Oc4ccc(C(C)(C)c5ccc(OC(=O)C(=C)C)cc5)cc4)cc3)c3ccccc3-c3ccccc32)cc1. The van der Waals surface area contributed by atoms with Gasteiger partial charge in [0.2, 0.25) is 0 Å². The first-order valence-corrected chi connectivity index (χ1v) is 19.9. The number of allylic oxidation sites excluding steroid dienone is 2. The number of ether oxygens (including phenoxy) is 4. The quantitative estimate of drug-likeness (QED) is 0.0490. The van der Waals surface area contributed by atoms with Crippen molar-refractivity contribution in [2.75, 3.05) is 0 Å². The molecule has 0 radical (unpaired) electrons. The highest BCUT2D eigenvalue weighted by molar-refractivity contribution is 5.91. The molecule has 8 nitrogen and oxygen atoms in total. The van der Waals surface area contributed by atoms with Gasteiger partial charge in [-0.2, -0.15) is 0 Å². The van der Waals surface area contributed by atoms with Crippen molar-refractivity contribution in [3.05, 3.63) is 228 Å². The molecule has 0 aliphatic heterocycles. The van der Waals surface area contributed by atoms with Gasteiger partial charge in [0.05, 0.1) is 5.41 Å². The standard InChI is InChI=1S/C54H44O8/c1-7-49(55)59-41-31-23-39(24-32-41)54(47-16-10-8-14-45(47)46-15-9-11-17-48(46)54)40-25-33-42(34-26-40)60-50(56)18-12-13-36(4)52(58)62-44-29-21-38(22-30-44)53(5,6)37-19-27-43(28-20-37)61-51(57)35(2)3/h7-34H,1-2H2,3-6H3/b18-12+,36-13-. The molecule has 1 aliphatic rings. The second-order valence-corrected chi connectivity index (χ2v) is 15.4. The molecule has 8 heteroatoms. The van der Waals surface area contributed by atoms with Crippen LogP contribution in [0.15, 0.2) is 194 Å². The number of fused-ring (bicyclic) bond motifs is 3. The van der Waals surface area contributed by atoms with Crippen LogP contribution in [0.3, 0.4) is 0 Å². The molecule has 0 saturated carbocycles. The third-order valence-corrected chi connectivity index (χ3v) is 11.0. The van der Waals surface area contributed by atoms with Crippen molar-refractivity contribution in [1.82, 2.24) is 0 Å². The molecule has 1 aliphatic carbocycles. The molecule has 0 saturated heterocycles. The van der Waals surface area contributed by atoms with Crippen LogP contribution in [-0.4, -0.2) is 23.9 Å². The van der Waals surface area contributed by atoms with Gasteiger partial charge in [0, 0.05) is 28.7 Å². The van der Waals surface area contributed by atoms with E-state index in [0.717, 1.165) is 50.6 Å². The first-order valence-electron chi connectivity index (χ1n) is 19.9. The fourth-order valence-corrected chi connectivity index (χ4v) is 7.64. The average molecular weight is 821 g/mol. The molecule has 0 heterocycles. The summed E-state index contributed by atoms with van der Waals surface area (Å²) in [6, 6.07) is 46.0. The predicted octanol–water partition coefficient (Wildman–Crippen LogP) is 11.0. The summed E-state index contributed by atoms with van der Waals surface area (Å²) in [4.78, 5) is 49.6. The minimum Gasteiger partial charge on any atom is -0.423 e. The molecule has 308 valence electrons. The molecular weight excluding hydrogens is 777 g/mol. The number of esters is 4. The summed E-state index contributed by atoms with van der Waals surface area (Å²) in [7, 11) is 0. The Morgan fingerprint density at radius 3 is 1.39 bits per heavy atom. The van der Waals surface area contributed by atoms with E-state index in [-0.39, 0.29) is 5.57 Å². The highest BCUT2D eigenvalue weighted by Crippen LogP contribution is 2.56. The van der Waals surface area contributed by atoms with Gasteiger partial charge < -0.3 is 18.9 Å². The fraction of sp³-hybridized carbons (Fsp3) is 0.111. The number of rotatable bonds is 13. The zero-order valence-electron chi connectivity index (χ0n) is 34.8. The molecule has 6 aromatic carbocycles. The van der Waals surface area contributed by atoms with Crippen molar-refractivity contribution in [3.63, 3.8) is 0 Å². The van der Waals surface area contributed by atoms with Gasteiger partial charge in [-0.3, -0.25) is 0 Å². The Hall–Kier alpha value is -7.84. The third kappa shape index (κ3) is 8.58. The zero-order valence-corrected chi connectivity index (χ0v) is 34.8. The van der Waals surface area contributed by atoms with Crippen LogP contribution in [-0.2, 0) is 30.0 Å². The average Bonchev–Trinajstić information content (AvgIpc) is 3.58. The van der Waals surface area contributed by atoms with Crippen LogP contribution < -0.4 is 18.9 Å². The maximum absolute atomic E-state index is 12.9. The van der Waals surface area contributed by atoms with E-state index in [1.54, 1.807) is 62.4 Å². The van der Waals surface area contributed by atoms with E-state index in [9.17, 15) is 19.2 Å². The molecule has 0 unspecified atom stereocenters. The zero-order chi connectivity index (χ0) is 44.0.